The zero-order chi connectivity index (χ0) is 14.9. The molecule has 3 aromatic rings. The number of furan rings is 1. The molecule has 0 saturated carbocycles. The highest BCUT2D eigenvalue weighted by Crippen LogP contribution is 2.28. The Bertz CT molecular complexity index is 766. The van der Waals surface area contributed by atoms with Gasteiger partial charge in [-0.15, -0.1) is 0 Å². The van der Waals surface area contributed by atoms with E-state index in [1.54, 1.807) is 18.4 Å². The average molecular weight is 296 g/mol. The summed E-state index contributed by atoms with van der Waals surface area (Å²) in [5, 5.41) is 3.96. The highest BCUT2D eigenvalue weighted by Gasteiger charge is 2.23. The highest BCUT2D eigenvalue weighted by molar-refractivity contribution is 5.56. The number of benzene rings is 1. The van der Waals surface area contributed by atoms with Crippen LogP contribution in [0.3, 0.4) is 0 Å². The minimum absolute atomic E-state index is 0.113. The van der Waals surface area contributed by atoms with Crippen molar-refractivity contribution in [2.75, 3.05) is 11.4 Å². The van der Waals surface area contributed by atoms with Crippen LogP contribution in [0.1, 0.15) is 11.5 Å². The van der Waals surface area contributed by atoms with Gasteiger partial charge in [0.05, 0.1) is 12.8 Å². The molecule has 2 N–H and O–H groups in total. The predicted molar refractivity (Wildman–Crippen MR) is 81.2 cm³/mol. The number of fused-ring (bicyclic) bond motifs is 1. The quantitative estimate of drug-likeness (QED) is 0.798. The number of para-hydroxylation sites is 1. The van der Waals surface area contributed by atoms with Crippen LogP contribution in [0.4, 0.5) is 5.69 Å². The Labute approximate surface area is 127 Å². The van der Waals surface area contributed by atoms with Gasteiger partial charge in [0.1, 0.15) is 0 Å². The molecule has 6 nitrogen and oxygen atoms in total. The van der Waals surface area contributed by atoms with E-state index in [0.29, 0.717) is 24.0 Å². The molecule has 1 unspecified atom stereocenters. The molecular formula is C16H16N4O2. The zero-order valence-electron chi connectivity index (χ0n) is 12.0. The summed E-state index contributed by atoms with van der Waals surface area (Å²) in [5.41, 5.74) is 8.59. The number of nitrogens with zero attached hydrogens (tertiary/aromatic N) is 3. The summed E-state index contributed by atoms with van der Waals surface area (Å²) in [6, 6.07) is 12.0. The van der Waals surface area contributed by atoms with Crippen LogP contribution in [-0.2, 0) is 13.0 Å². The van der Waals surface area contributed by atoms with E-state index >= 15 is 0 Å². The first-order valence-electron chi connectivity index (χ1n) is 7.24. The lowest BCUT2D eigenvalue weighted by atomic mass is 9.98. The first kappa shape index (κ1) is 13.1. The Morgan fingerprint density at radius 1 is 1.23 bits per heavy atom. The van der Waals surface area contributed by atoms with Crippen molar-refractivity contribution in [3.63, 3.8) is 0 Å². The van der Waals surface area contributed by atoms with Gasteiger partial charge in [-0.25, -0.2) is 0 Å². The molecule has 0 aliphatic carbocycles. The van der Waals surface area contributed by atoms with E-state index in [1.165, 1.54) is 11.3 Å². The van der Waals surface area contributed by atoms with Gasteiger partial charge in [-0.2, -0.15) is 4.98 Å². The maximum absolute atomic E-state index is 6.15. The molecule has 0 fully saturated rings. The Morgan fingerprint density at radius 3 is 3.00 bits per heavy atom. The van der Waals surface area contributed by atoms with E-state index in [1.807, 2.05) is 12.1 Å². The molecule has 0 radical (unpaired) electrons. The molecule has 6 heteroatoms. The summed E-state index contributed by atoms with van der Waals surface area (Å²) in [5.74, 6) is 1.62. The summed E-state index contributed by atoms with van der Waals surface area (Å²) in [7, 11) is 0. The standard InChI is InChI=1S/C16H16N4O2/c17-12-8-11-4-1-2-5-13(11)20(9-12)10-15-18-16(19-22-15)14-6-3-7-21-14/h1-7,12H,8-10,17H2. The maximum atomic E-state index is 6.15. The lowest BCUT2D eigenvalue weighted by Gasteiger charge is -2.33. The van der Waals surface area contributed by atoms with Gasteiger partial charge in [0.25, 0.3) is 0 Å². The number of anilines is 1. The van der Waals surface area contributed by atoms with Crippen molar-refractivity contribution in [3.8, 4) is 11.6 Å². The minimum Gasteiger partial charge on any atom is -0.461 e. The molecule has 1 aliphatic rings. The SMILES string of the molecule is NC1Cc2ccccc2N(Cc2nc(-c3ccco3)no2)C1. The molecule has 112 valence electrons. The second-order valence-electron chi connectivity index (χ2n) is 5.46. The summed E-state index contributed by atoms with van der Waals surface area (Å²) in [4.78, 5) is 6.57. The fourth-order valence-corrected chi connectivity index (χ4v) is 2.86. The van der Waals surface area contributed by atoms with Gasteiger partial charge >= 0.3 is 0 Å². The van der Waals surface area contributed by atoms with Crippen LogP contribution >= 0.6 is 0 Å². The number of hydrogen-bond donors (Lipinski definition) is 1. The maximum Gasteiger partial charge on any atom is 0.246 e. The van der Waals surface area contributed by atoms with Crippen molar-refractivity contribution >= 4 is 5.69 Å². The number of hydrogen-bond acceptors (Lipinski definition) is 6. The van der Waals surface area contributed by atoms with Gasteiger partial charge in [-0.05, 0) is 30.2 Å². The molecular weight excluding hydrogens is 280 g/mol. The van der Waals surface area contributed by atoms with E-state index in [0.717, 1.165) is 13.0 Å². The van der Waals surface area contributed by atoms with Gasteiger partial charge in [0.15, 0.2) is 5.76 Å². The third-order valence-electron chi connectivity index (χ3n) is 3.81. The smallest absolute Gasteiger partial charge is 0.246 e. The molecule has 3 heterocycles. The van der Waals surface area contributed by atoms with Gasteiger partial charge in [-0.3, -0.25) is 0 Å². The second kappa shape index (κ2) is 5.31. The number of aromatic nitrogens is 2. The molecule has 1 aromatic carbocycles. The predicted octanol–water partition coefficient (Wildman–Crippen LogP) is 2.22. The van der Waals surface area contributed by atoms with Crippen LogP contribution < -0.4 is 10.6 Å². The molecule has 1 aliphatic heterocycles. The third-order valence-corrected chi connectivity index (χ3v) is 3.81. The van der Waals surface area contributed by atoms with Crippen molar-refractivity contribution in [2.45, 2.75) is 19.0 Å². The molecule has 4 rings (SSSR count). The fraction of sp³-hybridized carbons (Fsp3) is 0.250. The fourth-order valence-electron chi connectivity index (χ4n) is 2.86. The molecule has 0 bridgehead atoms. The molecule has 2 aromatic heterocycles. The molecule has 0 saturated heterocycles. The average Bonchev–Trinajstić information content (AvgIpc) is 3.17. The Kier molecular flexibility index (Phi) is 3.16. The normalized spacial score (nSPS) is 17.5. The van der Waals surface area contributed by atoms with Crippen LogP contribution in [0, 0.1) is 0 Å². The largest absolute Gasteiger partial charge is 0.461 e. The Morgan fingerprint density at radius 2 is 2.14 bits per heavy atom. The van der Waals surface area contributed by atoms with Crippen LogP contribution in [0.25, 0.3) is 11.6 Å². The van der Waals surface area contributed by atoms with Crippen LogP contribution in [0.2, 0.25) is 0 Å². The minimum atomic E-state index is 0.113. The van der Waals surface area contributed by atoms with Crippen LogP contribution in [0.15, 0.2) is 51.6 Å². The van der Waals surface area contributed by atoms with E-state index in [2.05, 4.69) is 27.2 Å². The molecule has 0 spiro atoms. The topological polar surface area (TPSA) is 81.3 Å². The molecule has 1 atom stereocenters. The van der Waals surface area contributed by atoms with Crippen molar-refractivity contribution < 1.29 is 8.94 Å². The van der Waals surface area contributed by atoms with Gasteiger partial charge in [0.2, 0.25) is 11.7 Å². The summed E-state index contributed by atoms with van der Waals surface area (Å²) in [6.45, 7) is 1.31. The van der Waals surface area contributed by atoms with Crippen molar-refractivity contribution in [2.24, 2.45) is 5.73 Å². The number of nitrogens with two attached hydrogens (primary N) is 1. The van der Waals surface area contributed by atoms with Gasteiger partial charge < -0.3 is 19.6 Å². The first-order chi connectivity index (χ1) is 10.8. The van der Waals surface area contributed by atoms with E-state index < -0.39 is 0 Å². The van der Waals surface area contributed by atoms with Crippen molar-refractivity contribution in [1.29, 1.82) is 0 Å². The Hall–Kier alpha value is -2.60. The second-order valence-corrected chi connectivity index (χ2v) is 5.46. The van der Waals surface area contributed by atoms with E-state index in [-0.39, 0.29) is 6.04 Å². The summed E-state index contributed by atoms with van der Waals surface area (Å²) in [6.07, 6.45) is 2.49. The lowest BCUT2D eigenvalue weighted by molar-refractivity contribution is 0.373. The van der Waals surface area contributed by atoms with Crippen LogP contribution in [-0.4, -0.2) is 22.7 Å². The first-order valence-corrected chi connectivity index (χ1v) is 7.24. The monoisotopic (exact) mass is 296 g/mol. The molecule has 22 heavy (non-hydrogen) atoms. The summed E-state index contributed by atoms with van der Waals surface area (Å²) < 4.78 is 10.6. The molecule has 0 amide bonds. The Balaban J connectivity index is 1.59. The highest BCUT2D eigenvalue weighted by atomic mass is 16.5. The van der Waals surface area contributed by atoms with Crippen molar-refractivity contribution in [1.82, 2.24) is 10.1 Å². The van der Waals surface area contributed by atoms with Crippen molar-refractivity contribution in [3.05, 3.63) is 54.1 Å². The van der Waals surface area contributed by atoms with Gasteiger partial charge in [0, 0.05) is 18.3 Å². The lowest BCUT2D eigenvalue weighted by Crippen LogP contribution is -2.42. The summed E-state index contributed by atoms with van der Waals surface area (Å²) >= 11 is 0. The van der Waals surface area contributed by atoms with Crippen LogP contribution in [0.5, 0.6) is 0 Å². The van der Waals surface area contributed by atoms with Gasteiger partial charge in [-0.1, -0.05) is 23.4 Å². The van der Waals surface area contributed by atoms with E-state index in [4.69, 9.17) is 14.7 Å². The van der Waals surface area contributed by atoms with E-state index in [9.17, 15) is 0 Å². The zero-order valence-corrected chi connectivity index (χ0v) is 12.0. The number of rotatable bonds is 3. The third kappa shape index (κ3) is 2.37.